The summed E-state index contributed by atoms with van der Waals surface area (Å²) in [6.45, 7) is 5.30. The molecular formula is C23H22O6S. The van der Waals surface area contributed by atoms with Gasteiger partial charge in [0.25, 0.3) is 0 Å². The third-order valence-electron chi connectivity index (χ3n) is 4.29. The summed E-state index contributed by atoms with van der Waals surface area (Å²) in [5.74, 6) is -0.491. The quantitative estimate of drug-likeness (QED) is 0.220. The number of rotatable bonds is 9. The molecule has 0 bridgehead atoms. The van der Waals surface area contributed by atoms with Gasteiger partial charge in [-0.15, -0.1) is 11.3 Å². The molecular weight excluding hydrogens is 404 g/mol. The zero-order valence-corrected chi connectivity index (χ0v) is 17.5. The van der Waals surface area contributed by atoms with Crippen LogP contribution >= 0.6 is 11.3 Å². The Morgan fingerprint density at radius 2 is 1.67 bits per heavy atom. The molecule has 0 aliphatic rings. The van der Waals surface area contributed by atoms with E-state index in [-0.39, 0.29) is 25.2 Å². The lowest BCUT2D eigenvalue weighted by Crippen LogP contribution is -2.16. The lowest BCUT2D eigenvalue weighted by molar-refractivity contribution is -0.146. The largest absolute Gasteiger partial charge is 0.482 e. The lowest BCUT2D eigenvalue weighted by Gasteiger charge is -2.08. The number of ether oxygens (including phenoxy) is 3. The Hall–Kier alpha value is -3.19. The van der Waals surface area contributed by atoms with Gasteiger partial charge in [-0.3, -0.25) is 4.79 Å². The normalized spacial score (nSPS) is 10.7. The molecule has 2 aromatic carbocycles. The molecule has 0 atom stereocenters. The van der Waals surface area contributed by atoms with E-state index in [2.05, 4.69) is 6.58 Å². The average Bonchev–Trinajstić information content (AvgIpc) is 2.74. The Morgan fingerprint density at radius 1 is 0.967 bits per heavy atom. The van der Waals surface area contributed by atoms with Gasteiger partial charge in [0, 0.05) is 25.7 Å². The minimum absolute atomic E-state index is 0.0558. The van der Waals surface area contributed by atoms with E-state index < -0.39 is 11.9 Å². The molecule has 3 rings (SSSR count). The molecule has 6 nitrogen and oxygen atoms in total. The Kier molecular flexibility index (Phi) is 7.19. The van der Waals surface area contributed by atoms with Crippen LogP contribution in [0.2, 0.25) is 0 Å². The van der Waals surface area contributed by atoms with E-state index in [1.807, 2.05) is 24.3 Å². The number of esters is 2. The van der Waals surface area contributed by atoms with E-state index in [0.29, 0.717) is 34.9 Å². The Labute approximate surface area is 177 Å². The number of fused-ring (bicyclic) bond motifs is 2. The molecule has 1 heterocycles. The standard InChI is InChI=1S/C23H22O6S/c1-15(2)23(26)28-12-6-5-11-27-21(24)14-29-16-9-10-20-18(13-16)22(25)17-7-3-4-8-19(17)30-20/h3-4,7-10,13H,1,5-6,11-12,14H2,2H3. The highest BCUT2D eigenvalue weighted by atomic mass is 32.1. The van der Waals surface area contributed by atoms with Crippen molar-refractivity contribution in [2.75, 3.05) is 19.8 Å². The highest BCUT2D eigenvalue weighted by Gasteiger charge is 2.09. The summed E-state index contributed by atoms with van der Waals surface area (Å²) in [5.41, 5.74) is 0.296. The van der Waals surface area contributed by atoms with Crippen molar-refractivity contribution in [3.8, 4) is 5.75 Å². The smallest absolute Gasteiger partial charge is 0.344 e. The third kappa shape index (κ3) is 5.45. The van der Waals surface area contributed by atoms with Gasteiger partial charge in [0.15, 0.2) is 12.0 Å². The monoisotopic (exact) mass is 426 g/mol. The summed E-state index contributed by atoms with van der Waals surface area (Å²) in [7, 11) is 0. The van der Waals surface area contributed by atoms with E-state index in [1.165, 1.54) is 11.3 Å². The molecule has 0 amide bonds. The molecule has 0 N–H and O–H groups in total. The highest BCUT2D eigenvalue weighted by Crippen LogP contribution is 2.27. The average molecular weight is 426 g/mol. The first-order valence-electron chi connectivity index (χ1n) is 9.52. The van der Waals surface area contributed by atoms with Crippen LogP contribution in [0.15, 0.2) is 59.4 Å². The number of hydrogen-bond acceptors (Lipinski definition) is 7. The SMILES string of the molecule is C=C(C)C(=O)OCCCCOC(=O)COc1ccc2sc3ccccc3c(=O)c2c1. The van der Waals surface area contributed by atoms with Crippen LogP contribution in [0.4, 0.5) is 0 Å². The molecule has 156 valence electrons. The maximum Gasteiger partial charge on any atom is 0.344 e. The van der Waals surface area contributed by atoms with E-state index in [1.54, 1.807) is 25.1 Å². The Bertz CT molecular complexity index is 1150. The summed E-state index contributed by atoms with van der Waals surface area (Å²) in [5, 5.41) is 1.23. The summed E-state index contributed by atoms with van der Waals surface area (Å²) < 4.78 is 17.3. The van der Waals surface area contributed by atoms with Crippen LogP contribution in [0.5, 0.6) is 5.75 Å². The van der Waals surface area contributed by atoms with Crippen molar-refractivity contribution in [3.63, 3.8) is 0 Å². The Balaban J connectivity index is 1.48. The predicted molar refractivity (Wildman–Crippen MR) is 117 cm³/mol. The van der Waals surface area contributed by atoms with Crippen LogP contribution in [0, 0.1) is 0 Å². The summed E-state index contributed by atoms with van der Waals surface area (Å²) in [6, 6.07) is 12.7. The zero-order chi connectivity index (χ0) is 21.5. The fourth-order valence-electron chi connectivity index (χ4n) is 2.73. The molecule has 0 aliphatic carbocycles. The number of carbonyl (C=O) groups excluding carboxylic acids is 2. The maximum absolute atomic E-state index is 12.7. The minimum atomic E-state index is -0.502. The van der Waals surface area contributed by atoms with Gasteiger partial charge in [0.2, 0.25) is 0 Å². The zero-order valence-electron chi connectivity index (χ0n) is 16.6. The second-order valence-corrected chi connectivity index (χ2v) is 7.80. The first-order valence-corrected chi connectivity index (χ1v) is 10.3. The first-order chi connectivity index (χ1) is 14.5. The molecule has 30 heavy (non-hydrogen) atoms. The van der Waals surface area contributed by atoms with Crippen LogP contribution in [-0.2, 0) is 19.1 Å². The maximum atomic E-state index is 12.7. The molecule has 1 aromatic heterocycles. The molecule has 0 radical (unpaired) electrons. The van der Waals surface area contributed by atoms with Gasteiger partial charge < -0.3 is 14.2 Å². The third-order valence-corrected chi connectivity index (χ3v) is 5.44. The van der Waals surface area contributed by atoms with E-state index >= 15 is 0 Å². The van der Waals surface area contributed by atoms with Crippen LogP contribution in [0.3, 0.4) is 0 Å². The van der Waals surface area contributed by atoms with Crippen molar-refractivity contribution < 1.29 is 23.8 Å². The van der Waals surface area contributed by atoms with Crippen molar-refractivity contribution in [1.29, 1.82) is 0 Å². The second-order valence-electron chi connectivity index (χ2n) is 6.72. The van der Waals surface area contributed by atoms with Gasteiger partial charge in [-0.05, 0) is 50.1 Å². The van der Waals surface area contributed by atoms with E-state index in [0.717, 1.165) is 9.40 Å². The molecule has 3 aromatic rings. The van der Waals surface area contributed by atoms with Gasteiger partial charge in [0.05, 0.1) is 13.2 Å². The summed E-state index contributed by atoms with van der Waals surface area (Å²) in [6.07, 6.45) is 1.15. The van der Waals surface area contributed by atoms with Crippen molar-refractivity contribution in [2.24, 2.45) is 0 Å². The first kappa shape index (κ1) is 21.5. The molecule has 0 aliphatic heterocycles. The van der Waals surface area contributed by atoms with Crippen LogP contribution in [0.25, 0.3) is 20.2 Å². The van der Waals surface area contributed by atoms with Crippen molar-refractivity contribution in [1.82, 2.24) is 0 Å². The van der Waals surface area contributed by atoms with Crippen molar-refractivity contribution in [2.45, 2.75) is 19.8 Å². The van der Waals surface area contributed by atoms with Crippen molar-refractivity contribution >= 4 is 43.4 Å². The molecule has 0 spiro atoms. The predicted octanol–water partition coefficient (Wildman–Crippen LogP) is 4.24. The minimum Gasteiger partial charge on any atom is -0.482 e. The highest BCUT2D eigenvalue weighted by molar-refractivity contribution is 7.24. The van der Waals surface area contributed by atoms with Crippen LogP contribution in [0.1, 0.15) is 19.8 Å². The van der Waals surface area contributed by atoms with Crippen molar-refractivity contribution in [3.05, 3.63) is 64.8 Å². The lowest BCUT2D eigenvalue weighted by atomic mass is 10.2. The molecule has 0 saturated carbocycles. The number of unbranched alkanes of at least 4 members (excludes halogenated alkanes) is 1. The van der Waals surface area contributed by atoms with E-state index in [9.17, 15) is 14.4 Å². The molecule has 0 fully saturated rings. The number of carbonyl (C=O) groups is 2. The summed E-state index contributed by atoms with van der Waals surface area (Å²) in [4.78, 5) is 35.8. The fraction of sp³-hybridized carbons (Fsp3) is 0.261. The molecule has 7 heteroatoms. The van der Waals surface area contributed by atoms with E-state index in [4.69, 9.17) is 14.2 Å². The van der Waals surface area contributed by atoms with Gasteiger partial charge in [-0.25, -0.2) is 9.59 Å². The molecule has 0 unspecified atom stereocenters. The topological polar surface area (TPSA) is 78.9 Å². The fourth-order valence-corrected chi connectivity index (χ4v) is 3.79. The van der Waals surface area contributed by atoms with Crippen LogP contribution < -0.4 is 10.2 Å². The van der Waals surface area contributed by atoms with Gasteiger partial charge >= 0.3 is 11.9 Å². The number of hydrogen-bond donors (Lipinski definition) is 0. The molecule has 0 saturated heterocycles. The van der Waals surface area contributed by atoms with Gasteiger partial charge in [0.1, 0.15) is 5.75 Å². The van der Waals surface area contributed by atoms with Gasteiger partial charge in [-0.2, -0.15) is 0 Å². The number of benzene rings is 2. The second kappa shape index (κ2) is 10.0. The van der Waals surface area contributed by atoms with Gasteiger partial charge in [-0.1, -0.05) is 18.7 Å². The Morgan fingerprint density at radius 3 is 2.43 bits per heavy atom. The summed E-state index contributed by atoms with van der Waals surface area (Å²) >= 11 is 1.54. The van der Waals surface area contributed by atoms with Crippen LogP contribution in [-0.4, -0.2) is 31.8 Å².